The maximum absolute atomic E-state index is 8.86. The number of para-hydroxylation sites is 1. The molecule has 0 radical (unpaired) electrons. The lowest BCUT2D eigenvalue weighted by atomic mass is 10.0. The molecule has 1 aromatic heterocycles. The summed E-state index contributed by atoms with van der Waals surface area (Å²) in [7, 11) is 0. The summed E-state index contributed by atoms with van der Waals surface area (Å²) in [4.78, 5) is 3.37. The lowest BCUT2D eigenvalue weighted by Crippen LogP contribution is -1.96. The van der Waals surface area contributed by atoms with E-state index in [1.807, 2.05) is 12.1 Å². The molecule has 74 valence electrons. The predicted octanol–water partition coefficient (Wildman–Crippen LogP) is 2.65. The minimum absolute atomic E-state index is 0.247. The largest absolute Gasteiger partial charge is 0.396 e. The second-order valence-corrected chi connectivity index (χ2v) is 3.73. The number of rotatable bonds is 3. The summed E-state index contributed by atoms with van der Waals surface area (Å²) in [6, 6.07) is 10.4. The van der Waals surface area contributed by atoms with Crippen LogP contribution < -0.4 is 0 Å². The Morgan fingerprint density at radius 1 is 1.36 bits per heavy atom. The van der Waals surface area contributed by atoms with Crippen LogP contribution in [-0.4, -0.2) is 16.7 Å². The number of aliphatic hydroxyl groups excluding tert-OH is 1. The zero-order valence-electron chi connectivity index (χ0n) is 8.33. The van der Waals surface area contributed by atoms with Crippen LogP contribution in [0.1, 0.15) is 25.0 Å². The topological polar surface area (TPSA) is 36.0 Å². The van der Waals surface area contributed by atoms with E-state index in [0.29, 0.717) is 5.92 Å². The first kappa shape index (κ1) is 9.28. The van der Waals surface area contributed by atoms with Crippen molar-refractivity contribution in [2.75, 3.05) is 6.61 Å². The van der Waals surface area contributed by atoms with Crippen molar-refractivity contribution in [3.63, 3.8) is 0 Å². The molecule has 2 aromatic rings. The molecule has 1 aromatic carbocycles. The van der Waals surface area contributed by atoms with E-state index in [-0.39, 0.29) is 6.61 Å². The molecule has 0 saturated carbocycles. The minimum atomic E-state index is 0.247. The van der Waals surface area contributed by atoms with Crippen LogP contribution in [0, 0.1) is 0 Å². The fraction of sp³-hybridized carbons (Fsp3) is 0.333. The monoisotopic (exact) mass is 189 g/mol. The molecule has 0 bridgehead atoms. The highest BCUT2D eigenvalue weighted by Gasteiger charge is 2.07. The highest BCUT2D eigenvalue weighted by Crippen LogP contribution is 2.22. The number of H-pyrrole nitrogens is 1. The Morgan fingerprint density at radius 3 is 2.86 bits per heavy atom. The summed E-state index contributed by atoms with van der Waals surface area (Å²) < 4.78 is 0. The molecule has 0 aliphatic rings. The van der Waals surface area contributed by atoms with Crippen LogP contribution in [0.25, 0.3) is 10.9 Å². The molecule has 1 atom stereocenters. The van der Waals surface area contributed by atoms with Gasteiger partial charge in [0.2, 0.25) is 0 Å². The maximum Gasteiger partial charge on any atom is 0.0456 e. The van der Waals surface area contributed by atoms with Crippen molar-refractivity contribution in [1.29, 1.82) is 0 Å². The van der Waals surface area contributed by atoms with Crippen molar-refractivity contribution in [3.05, 3.63) is 36.0 Å². The average Bonchev–Trinajstić information content (AvgIpc) is 2.61. The summed E-state index contributed by atoms with van der Waals surface area (Å²) in [6.07, 6.45) is 0.812. The van der Waals surface area contributed by atoms with Crippen molar-refractivity contribution >= 4 is 10.9 Å². The van der Waals surface area contributed by atoms with Gasteiger partial charge in [-0.2, -0.15) is 0 Å². The van der Waals surface area contributed by atoms with E-state index in [0.717, 1.165) is 6.42 Å². The summed E-state index contributed by atoms with van der Waals surface area (Å²) >= 11 is 0. The van der Waals surface area contributed by atoms with Gasteiger partial charge in [-0.15, -0.1) is 0 Å². The molecular formula is C12H15NO. The SMILES string of the molecule is CC(CCO)c1cc2ccccc2[nH]1. The highest BCUT2D eigenvalue weighted by molar-refractivity contribution is 5.80. The highest BCUT2D eigenvalue weighted by atomic mass is 16.3. The summed E-state index contributed by atoms with van der Waals surface area (Å²) in [5.74, 6) is 0.396. The molecule has 14 heavy (non-hydrogen) atoms. The molecule has 2 heteroatoms. The molecule has 0 spiro atoms. The van der Waals surface area contributed by atoms with E-state index < -0.39 is 0 Å². The van der Waals surface area contributed by atoms with Gasteiger partial charge in [-0.05, 0) is 29.9 Å². The van der Waals surface area contributed by atoms with Crippen LogP contribution in [0.3, 0.4) is 0 Å². The molecule has 2 nitrogen and oxygen atoms in total. The van der Waals surface area contributed by atoms with Crippen LogP contribution in [0.2, 0.25) is 0 Å². The van der Waals surface area contributed by atoms with Gasteiger partial charge in [0.05, 0.1) is 0 Å². The summed E-state index contributed by atoms with van der Waals surface area (Å²) in [6.45, 7) is 2.37. The molecule has 2 N–H and O–H groups in total. The van der Waals surface area contributed by atoms with Crippen LogP contribution in [0.5, 0.6) is 0 Å². The standard InChI is InChI=1S/C12H15NO/c1-9(6-7-14)12-8-10-4-2-3-5-11(10)13-12/h2-5,8-9,13-14H,6-7H2,1H3. The van der Waals surface area contributed by atoms with Gasteiger partial charge in [-0.1, -0.05) is 25.1 Å². The van der Waals surface area contributed by atoms with Crippen LogP contribution in [0.4, 0.5) is 0 Å². The van der Waals surface area contributed by atoms with Crippen molar-refractivity contribution in [3.8, 4) is 0 Å². The smallest absolute Gasteiger partial charge is 0.0456 e. The fourth-order valence-electron chi connectivity index (χ4n) is 1.71. The molecule has 0 saturated heterocycles. The van der Waals surface area contributed by atoms with Gasteiger partial charge in [-0.3, -0.25) is 0 Å². The average molecular weight is 189 g/mol. The minimum Gasteiger partial charge on any atom is -0.396 e. The van der Waals surface area contributed by atoms with Crippen molar-refractivity contribution in [1.82, 2.24) is 4.98 Å². The lowest BCUT2D eigenvalue weighted by molar-refractivity contribution is 0.278. The zero-order valence-corrected chi connectivity index (χ0v) is 8.33. The van der Waals surface area contributed by atoms with Crippen LogP contribution >= 0.6 is 0 Å². The Balaban J connectivity index is 2.35. The van der Waals surface area contributed by atoms with Gasteiger partial charge in [0.1, 0.15) is 0 Å². The van der Waals surface area contributed by atoms with Gasteiger partial charge in [0, 0.05) is 17.8 Å². The fourth-order valence-corrected chi connectivity index (χ4v) is 1.71. The van der Waals surface area contributed by atoms with Gasteiger partial charge in [-0.25, -0.2) is 0 Å². The van der Waals surface area contributed by atoms with E-state index in [1.54, 1.807) is 0 Å². The van der Waals surface area contributed by atoms with Gasteiger partial charge < -0.3 is 10.1 Å². The summed E-state index contributed by atoms with van der Waals surface area (Å²) in [5, 5.41) is 10.1. The lowest BCUT2D eigenvalue weighted by Gasteiger charge is -2.05. The third kappa shape index (κ3) is 1.66. The first-order valence-corrected chi connectivity index (χ1v) is 5.00. The van der Waals surface area contributed by atoms with Crippen molar-refractivity contribution in [2.45, 2.75) is 19.3 Å². The second kappa shape index (κ2) is 3.84. The Hall–Kier alpha value is -1.28. The Bertz CT molecular complexity index is 386. The number of hydrogen-bond donors (Lipinski definition) is 2. The van der Waals surface area contributed by atoms with Crippen molar-refractivity contribution in [2.24, 2.45) is 0 Å². The Labute approximate surface area is 83.6 Å². The van der Waals surface area contributed by atoms with Gasteiger partial charge >= 0.3 is 0 Å². The molecule has 0 aliphatic heterocycles. The number of fused-ring (bicyclic) bond motifs is 1. The number of nitrogens with one attached hydrogen (secondary N) is 1. The molecular weight excluding hydrogens is 174 g/mol. The van der Waals surface area contributed by atoms with E-state index in [2.05, 4.69) is 30.1 Å². The molecule has 1 unspecified atom stereocenters. The second-order valence-electron chi connectivity index (χ2n) is 3.73. The molecule has 0 aliphatic carbocycles. The van der Waals surface area contributed by atoms with E-state index >= 15 is 0 Å². The van der Waals surface area contributed by atoms with E-state index in [4.69, 9.17) is 5.11 Å². The molecule has 0 amide bonds. The van der Waals surface area contributed by atoms with E-state index in [1.165, 1.54) is 16.6 Å². The number of aromatic nitrogens is 1. The third-order valence-electron chi connectivity index (χ3n) is 2.64. The molecule has 2 rings (SSSR count). The van der Waals surface area contributed by atoms with Crippen LogP contribution in [0.15, 0.2) is 30.3 Å². The normalized spacial score (nSPS) is 13.3. The third-order valence-corrected chi connectivity index (χ3v) is 2.64. The van der Waals surface area contributed by atoms with Gasteiger partial charge in [0.15, 0.2) is 0 Å². The quantitative estimate of drug-likeness (QED) is 0.765. The predicted molar refractivity (Wildman–Crippen MR) is 58.4 cm³/mol. The van der Waals surface area contributed by atoms with Crippen molar-refractivity contribution < 1.29 is 5.11 Å². The number of aliphatic hydroxyl groups is 1. The Morgan fingerprint density at radius 2 is 2.14 bits per heavy atom. The summed E-state index contributed by atoms with van der Waals surface area (Å²) in [5.41, 5.74) is 2.38. The molecule has 1 heterocycles. The van der Waals surface area contributed by atoms with Gasteiger partial charge in [0.25, 0.3) is 0 Å². The number of aromatic amines is 1. The first-order chi connectivity index (χ1) is 6.81. The number of hydrogen-bond acceptors (Lipinski definition) is 1. The first-order valence-electron chi connectivity index (χ1n) is 5.00. The number of benzene rings is 1. The van der Waals surface area contributed by atoms with E-state index in [9.17, 15) is 0 Å². The van der Waals surface area contributed by atoms with Crippen LogP contribution in [-0.2, 0) is 0 Å². The molecule has 0 fully saturated rings. The Kier molecular flexibility index (Phi) is 2.55. The maximum atomic E-state index is 8.86. The zero-order chi connectivity index (χ0) is 9.97.